The molecule has 0 aliphatic heterocycles. The molecule has 1 unspecified atom stereocenters. The van der Waals surface area contributed by atoms with Crippen LogP contribution >= 0.6 is 0 Å². The van der Waals surface area contributed by atoms with Crippen LogP contribution < -0.4 is 5.76 Å². The van der Waals surface area contributed by atoms with Gasteiger partial charge in [0, 0.05) is 11.6 Å². The molecular formula is C13H23NO2. The van der Waals surface area contributed by atoms with E-state index in [0.717, 1.165) is 18.6 Å². The van der Waals surface area contributed by atoms with Crippen molar-refractivity contribution in [3.05, 3.63) is 22.5 Å². The Kier molecular flexibility index (Phi) is 4.84. The molecule has 0 bridgehead atoms. The van der Waals surface area contributed by atoms with Crippen molar-refractivity contribution in [2.24, 2.45) is 0 Å². The fourth-order valence-electron chi connectivity index (χ4n) is 2.00. The second kappa shape index (κ2) is 5.92. The lowest BCUT2D eigenvalue weighted by Gasteiger charge is -2.25. The second-order valence-electron chi connectivity index (χ2n) is 4.77. The van der Waals surface area contributed by atoms with Gasteiger partial charge in [0.1, 0.15) is 5.76 Å². The monoisotopic (exact) mass is 225 g/mol. The molecule has 0 amide bonds. The van der Waals surface area contributed by atoms with Gasteiger partial charge in [0.2, 0.25) is 0 Å². The zero-order valence-corrected chi connectivity index (χ0v) is 10.6. The average molecular weight is 225 g/mol. The van der Waals surface area contributed by atoms with Gasteiger partial charge in [-0.15, -0.1) is 0 Å². The molecule has 0 aliphatic carbocycles. The van der Waals surface area contributed by atoms with Crippen LogP contribution in [0.25, 0.3) is 0 Å². The van der Waals surface area contributed by atoms with E-state index < -0.39 is 0 Å². The van der Waals surface area contributed by atoms with E-state index in [1.54, 1.807) is 6.20 Å². The summed E-state index contributed by atoms with van der Waals surface area (Å²) in [7, 11) is 0. The second-order valence-corrected chi connectivity index (χ2v) is 4.77. The summed E-state index contributed by atoms with van der Waals surface area (Å²) in [5.41, 5.74) is 0.00685. The van der Waals surface area contributed by atoms with E-state index >= 15 is 0 Å². The number of H-pyrrole nitrogens is 1. The van der Waals surface area contributed by atoms with Gasteiger partial charge in [-0.2, -0.15) is 0 Å². The van der Waals surface area contributed by atoms with Gasteiger partial charge >= 0.3 is 5.76 Å². The summed E-state index contributed by atoms with van der Waals surface area (Å²) >= 11 is 0. The summed E-state index contributed by atoms with van der Waals surface area (Å²) in [5, 5.41) is 0. The minimum atomic E-state index is -0.344. The first-order valence-corrected chi connectivity index (χ1v) is 6.31. The molecular weight excluding hydrogens is 202 g/mol. The maximum Gasteiger partial charge on any atom is 0.416 e. The first-order valence-electron chi connectivity index (χ1n) is 6.31. The van der Waals surface area contributed by atoms with E-state index in [-0.39, 0.29) is 11.2 Å². The van der Waals surface area contributed by atoms with Crippen LogP contribution in [0.4, 0.5) is 0 Å². The molecule has 0 spiro atoms. The van der Waals surface area contributed by atoms with Crippen molar-refractivity contribution >= 4 is 0 Å². The number of unbranched alkanes of at least 4 members (excludes halogenated alkanes) is 3. The molecule has 0 saturated heterocycles. The van der Waals surface area contributed by atoms with Crippen LogP contribution in [0.1, 0.15) is 65.1 Å². The molecule has 1 rings (SSSR count). The molecule has 0 saturated carbocycles. The molecule has 0 aliphatic rings. The van der Waals surface area contributed by atoms with Gasteiger partial charge in [0.15, 0.2) is 0 Å². The smallest absolute Gasteiger partial charge is 0.413 e. The molecule has 92 valence electrons. The zero-order valence-electron chi connectivity index (χ0n) is 10.6. The molecule has 0 radical (unpaired) electrons. The Morgan fingerprint density at radius 3 is 2.56 bits per heavy atom. The largest absolute Gasteiger partial charge is 0.416 e. The average Bonchev–Trinajstić information content (AvgIpc) is 2.71. The first-order chi connectivity index (χ1) is 7.62. The number of hydrogen-bond acceptors (Lipinski definition) is 2. The minimum absolute atomic E-state index is 0.00685. The molecule has 1 aromatic heterocycles. The Bertz CT molecular complexity index is 353. The maximum absolute atomic E-state index is 11.0. The minimum Gasteiger partial charge on any atom is -0.413 e. The number of hydrogen-bond donors (Lipinski definition) is 1. The van der Waals surface area contributed by atoms with Gasteiger partial charge in [0.25, 0.3) is 0 Å². The predicted molar refractivity (Wildman–Crippen MR) is 65.7 cm³/mol. The van der Waals surface area contributed by atoms with Crippen molar-refractivity contribution in [1.29, 1.82) is 0 Å². The lowest BCUT2D eigenvalue weighted by atomic mass is 9.80. The normalized spacial score (nSPS) is 14.9. The topological polar surface area (TPSA) is 46.0 Å². The summed E-state index contributed by atoms with van der Waals surface area (Å²) in [6.45, 7) is 6.53. The van der Waals surface area contributed by atoms with Gasteiger partial charge in [-0.1, -0.05) is 46.5 Å². The first kappa shape index (κ1) is 13.1. The van der Waals surface area contributed by atoms with Gasteiger partial charge in [-0.3, -0.25) is 4.98 Å². The molecule has 1 heterocycles. The molecule has 1 N–H and O–H groups in total. The van der Waals surface area contributed by atoms with E-state index in [1.807, 2.05) is 0 Å². The standard InChI is InChI=1S/C13H23NO2/c1-4-6-7-8-9-13(3,5-2)11-10-14-12(15)16-11/h10H,4-9H2,1-3H3,(H,14,15). The third-order valence-electron chi connectivity index (χ3n) is 3.48. The molecule has 16 heavy (non-hydrogen) atoms. The number of aromatic amines is 1. The van der Waals surface area contributed by atoms with Crippen molar-refractivity contribution in [3.63, 3.8) is 0 Å². The van der Waals surface area contributed by atoms with Crippen molar-refractivity contribution in [2.75, 3.05) is 0 Å². The highest BCUT2D eigenvalue weighted by atomic mass is 16.4. The predicted octanol–water partition coefficient (Wildman–Crippen LogP) is 3.61. The van der Waals surface area contributed by atoms with E-state index in [0.29, 0.717) is 0 Å². The number of oxazole rings is 1. The van der Waals surface area contributed by atoms with Crippen molar-refractivity contribution in [1.82, 2.24) is 4.98 Å². The quantitative estimate of drug-likeness (QED) is 0.720. The molecule has 0 aromatic carbocycles. The summed E-state index contributed by atoms with van der Waals surface area (Å²) in [6, 6.07) is 0. The van der Waals surface area contributed by atoms with Crippen LogP contribution in [0, 0.1) is 0 Å². The van der Waals surface area contributed by atoms with Crippen LogP contribution in [0.15, 0.2) is 15.4 Å². The van der Waals surface area contributed by atoms with E-state index in [1.165, 1.54) is 25.7 Å². The fourth-order valence-corrected chi connectivity index (χ4v) is 2.00. The Morgan fingerprint density at radius 1 is 1.31 bits per heavy atom. The van der Waals surface area contributed by atoms with Crippen molar-refractivity contribution in [3.8, 4) is 0 Å². The van der Waals surface area contributed by atoms with E-state index in [4.69, 9.17) is 4.42 Å². The third kappa shape index (κ3) is 3.26. The SMILES string of the molecule is CCCCCCC(C)(CC)c1c[nH]c(=O)o1. The zero-order chi connectivity index (χ0) is 12.0. The number of aromatic nitrogens is 1. The van der Waals surface area contributed by atoms with Crippen LogP contribution in [0.2, 0.25) is 0 Å². The molecule has 3 heteroatoms. The van der Waals surface area contributed by atoms with Gasteiger partial charge in [-0.25, -0.2) is 4.79 Å². The Balaban J connectivity index is 2.59. The lowest BCUT2D eigenvalue weighted by molar-refractivity contribution is 0.309. The highest BCUT2D eigenvalue weighted by Gasteiger charge is 2.27. The maximum atomic E-state index is 11.0. The summed E-state index contributed by atoms with van der Waals surface area (Å²) in [5.74, 6) is 0.458. The Labute approximate surface area is 97.3 Å². The fraction of sp³-hybridized carbons (Fsp3) is 0.769. The molecule has 3 nitrogen and oxygen atoms in total. The van der Waals surface area contributed by atoms with Crippen molar-refractivity contribution < 1.29 is 4.42 Å². The van der Waals surface area contributed by atoms with Crippen LogP contribution in [0.5, 0.6) is 0 Å². The van der Waals surface area contributed by atoms with E-state index in [9.17, 15) is 4.79 Å². The van der Waals surface area contributed by atoms with E-state index in [2.05, 4.69) is 25.8 Å². The van der Waals surface area contributed by atoms with Crippen LogP contribution in [0.3, 0.4) is 0 Å². The number of nitrogens with one attached hydrogen (secondary N) is 1. The van der Waals surface area contributed by atoms with Crippen molar-refractivity contribution in [2.45, 2.75) is 64.7 Å². The molecule has 1 atom stereocenters. The molecule has 1 aromatic rings. The van der Waals surface area contributed by atoms with Gasteiger partial charge in [0.05, 0.1) is 0 Å². The lowest BCUT2D eigenvalue weighted by Crippen LogP contribution is -2.20. The Hall–Kier alpha value is -0.990. The summed E-state index contributed by atoms with van der Waals surface area (Å²) in [4.78, 5) is 13.6. The molecule has 0 fully saturated rings. The highest BCUT2D eigenvalue weighted by Crippen LogP contribution is 2.32. The van der Waals surface area contributed by atoms with Crippen LogP contribution in [-0.4, -0.2) is 4.98 Å². The third-order valence-corrected chi connectivity index (χ3v) is 3.48. The Morgan fingerprint density at radius 2 is 2.06 bits per heavy atom. The highest BCUT2D eigenvalue weighted by molar-refractivity contribution is 5.07. The van der Waals surface area contributed by atoms with Gasteiger partial charge in [-0.05, 0) is 12.8 Å². The summed E-state index contributed by atoms with van der Waals surface area (Å²) in [6.07, 6.45) is 8.81. The summed E-state index contributed by atoms with van der Waals surface area (Å²) < 4.78 is 5.19. The number of rotatable bonds is 7. The van der Waals surface area contributed by atoms with Crippen LogP contribution in [-0.2, 0) is 5.41 Å². The van der Waals surface area contributed by atoms with Gasteiger partial charge < -0.3 is 4.42 Å².